The molecule has 0 atom stereocenters. The third kappa shape index (κ3) is 1.37. The number of methoxy groups -OCH3 is 1. The van der Waals surface area contributed by atoms with Gasteiger partial charge < -0.3 is 9.15 Å². The molecule has 74 valence electrons. The number of aryl methyl sites for hydroxylation is 2. The van der Waals surface area contributed by atoms with E-state index < -0.39 is 0 Å². The van der Waals surface area contributed by atoms with Crippen molar-refractivity contribution in [2.24, 2.45) is 0 Å². The van der Waals surface area contributed by atoms with Gasteiger partial charge in [-0.25, -0.2) is 4.98 Å². The lowest BCUT2D eigenvalue weighted by molar-refractivity contribution is 0.412. The highest BCUT2D eigenvalue weighted by molar-refractivity contribution is 14.1. The normalized spacial score (nSPS) is 10.9. The molecule has 0 saturated heterocycles. The van der Waals surface area contributed by atoms with Crippen LogP contribution in [0, 0.1) is 17.4 Å². The molecule has 2 aromatic rings. The zero-order valence-electron chi connectivity index (χ0n) is 8.22. The van der Waals surface area contributed by atoms with E-state index in [9.17, 15) is 0 Å². The van der Waals surface area contributed by atoms with Crippen LogP contribution in [0.5, 0.6) is 5.75 Å². The molecule has 4 heteroatoms. The molecule has 0 spiro atoms. The van der Waals surface area contributed by atoms with Crippen LogP contribution < -0.4 is 4.74 Å². The predicted molar refractivity (Wildman–Crippen MR) is 62.8 cm³/mol. The summed E-state index contributed by atoms with van der Waals surface area (Å²) in [5.74, 6) is 1.54. The highest BCUT2D eigenvalue weighted by Gasteiger charge is 2.13. The van der Waals surface area contributed by atoms with Crippen molar-refractivity contribution in [1.29, 1.82) is 0 Å². The number of fused-ring (bicyclic) bond motifs is 1. The summed E-state index contributed by atoms with van der Waals surface area (Å²) in [6.07, 6.45) is 0. The second-order valence-electron chi connectivity index (χ2n) is 3.12. The van der Waals surface area contributed by atoms with E-state index in [0.29, 0.717) is 5.89 Å². The van der Waals surface area contributed by atoms with Gasteiger partial charge in [0.2, 0.25) is 0 Å². The molecule has 0 fully saturated rings. The fraction of sp³-hybridized carbons (Fsp3) is 0.300. The maximum Gasteiger partial charge on any atom is 0.192 e. The van der Waals surface area contributed by atoms with E-state index in [-0.39, 0.29) is 0 Å². The van der Waals surface area contributed by atoms with E-state index in [1.165, 1.54) is 0 Å². The summed E-state index contributed by atoms with van der Waals surface area (Å²) in [7, 11) is 1.66. The number of rotatable bonds is 1. The van der Waals surface area contributed by atoms with Crippen LogP contribution in [-0.4, -0.2) is 12.1 Å². The first-order valence-corrected chi connectivity index (χ1v) is 5.31. The Hall–Kier alpha value is -0.780. The largest absolute Gasteiger partial charge is 0.496 e. The Balaban J connectivity index is 2.86. The number of aromatic nitrogens is 1. The van der Waals surface area contributed by atoms with E-state index in [4.69, 9.17) is 9.15 Å². The van der Waals surface area contributed by atoms with E-state index in [0.717, 1.165) is 26.0 Å². The Morgan fingerprint density at radius 1 is 1.43 bits per heavy atom. The number of oxazole rings is 1. The lowest BCUT2D eigenvalue weighted by atomic mass is 10.2. The molecule has 0 N–H and O–H groups in total. The average Bonchev–Trinajstić information content (AvgIpc) is 2.54. The second kappa shape index (κ2) is 3.42. The van der Waals surface area contributed by atoms with Crippen LogP contribution in [0.1, 0.15) is 11.5 Å². The van der Waals surface area contributed by atoms with Gasteiger partial charge in [-0.05, 0) is 41.1 Å². The van der Waals surface area contributed by atoms with Crippen molar-refractivity contribution in [1.82, 2.24) is 4.98 Å². The molecular weight excluding hydrogens is 293 g/mol. The zero-order valence-corrected chi connectivity index (χ0v) is 10.4. The molecule has 0 amide bonds. The highest BCUT2D eigenvalue weighted by atomic mass is 127. The third-order valence-corrected chi connectivity index (χ3v) is 3.13. The van der Waals surface area contributed by atoms with E-state index in [2.05, 4.69) is 27.6 Å². The lowest BCUT2D eigenvalue weighted by Crippen LogP contribution is -1.89. The quantitative estimate of drug-likeness (QED) is 0.760. The maximum atomic E-state index is 5.51. The molecule has 2 rings (SSSR count). The van der Waals surface area contributed by atoms with Gasteiger partial charge in [-0.2, -0.15) is 0 Å². The Morgan fingerprint density at radius 3 is 2.79 bits per heavy atom. The first kappa shape index (κ1) is 9.76. The molecule has 3 nitrogen and oxygen atoms in total. The van der Waals surface area contributed by atoms with Crippen LogP contribution in [-0.2, 0) is 0 Å². The minimum atomic E-state index is 0.689. The molecule has 14 heavy (non-hydrogen) atoms. The zero-order chi connectivity index (χ0) is 10.3. The molecule has 0 saturated carbocycles. The van der Waals surface area contributed by atoms with Crippen molar-refractivity contribution < 1.29 is 9.15 Å². The summed E-state index contributed by atoms with van der Waals surface area (Å²) in [5.41, 5.74) is 2.80. The van der Waals surface area contributed by atoms with Gasteiger partial charge in [-0.1, -0.05) is 0 Å². The fourth-order valence-electron chi connectivity index (χ4n) is 1.43. The molecule has 0 radical (unpaired) electrons. The third-order valence-electron chi connectivity index (χ3n) is 2.08. The van der Waals surface area contributed by atoms with Crippen molar-refractivity contribution in [2.75, 3.05) is 7.11 Å². The van der Waals surface area contributed by atoms with E-state index >= 15 is 0 Å². The van der Waals surface area contributed by atoms with Crippen molar-refractivity contribution in [3.63, 3.8) is 0 Å². The van der Waals surface area contributed by atoms with Crippen LogP contribution in [0.4, 0.5) is 0 Å². The van der Waals surface area contributed by atoms with Gasteiger partial charge in [-0.3, -0.25) is 0 Å². The summed E-state index contributed by atoms with van der Waals surface area (Å²) in [6, 6.07) is 1.97. The number of hydrogen-bond acceptors (Lipinski definition) is 3. The van der Waals surface area contributed by atoms with Crippen LogP contribution >= 0.6 is 22.6 Å². The monoisotopic (exact) mass is 303 g/mol. The summed E-state index contributed by atoms with van der Waals surface area (Å²) in [5, 5.41) is 0. The Bertz CT molecular complexity index is 490. The number of ether oxygens (including phenoxy) is 1. The van der Waals surface area contributed by atoms with Crippen molar-refractivity contribution in [2.45, 2.75) is 13.8 Å². The van der Waals surface area contributed by atoms with Gasteiger partial charge in [-0.15, -0.1) is 0 Å². The Kier molecular flexibility index (Phi) is 2.38. The summed E-state index contributed by atoms with van der Waals surface area (Å²) >= 11 is 2.22. The molecule has 1 heterocycles. The van der Waals surface area contributed by atoms with Gasteiger partial charge in [0.1, 0.15) is 11.3 Å². The SMILES string of the molecule is COc1cc(C)c2oc(C)nc2c1I. The minimum absolute atomic E-state index is 0.689. The lowest BCUT2D eigenvalue weighted by Gasteiger charge is -2.04. The molecule has 0 aliphatic rings. The number of benzene rings is 1. The Morgan fingerprint density at radius 2 is 2.14 bits per heavy atom. The average molecular weight is 303 g/mol. The predicted octanol–water partition coefficient (Wildman–Crippen LogP) is 3.06. The van der Waals surface area contributed by atoms with Gasteiger partial charge in [0.05, 0.1) is 10.7 Å². The smallest absolute Gasteiger partial charge is 0.192 e. The molecule has 0 aliphatic carbocycles. The molecule has 1 aromatic heterocycles. The topological polar surface area (TPSA) is 35.3 Å². The van der Waals surface area contributed by atoms with E-state index in [1.807, 2.05) is 19.9 Å². The first-order valence-electron chi connectivity index (χ1n) is 4.23. The number of hydrogen-bond donors (Lipinski definition) is 0. The molecule has 0 aliphatic heterocycles. The first-order chi connectivity index (χ1) is 6.63. The van der Waals surface area contributed by atoms with Crippen LogP contribution in [0.15, 0.2) is 10.5 Å². The van der Waals surface area contributed by atoms with E-state index in [1.54, 1.807) is 7.11 Å². The van der Waals surface area contributed by atoms with Crippen molar-refractivity contribution in [3.05, 3.63) is 21.1 Å². The van der Waals surface area contributed by atoms with Gasteiger partial charge >= 0.3 is 0 Å². The standard InChI is InChI=1S/C10H10INO2/c1-5-4-7(13-3)8(11)9-10(5)14-6(2)12-9/h4H,1-3H3. The second-order valence-corrected chi connectivity index (χ2v) is 4.20. The van der Waals surface area contributed by atoms with Crippen LogP contribution in [0.25, 0.3) is 11.1 Å². The van der Waals surface area contributed by atoms with Crippen molar-refractivity contribution in [3.8, 4) is 5.75 Å². The molecule has 1 aromatic carbocycles. The maximum absolute atomic E-state index is 5.51. The van der Waals surface area contributed by atoms with Crippen LogP contribution in [0.2, 0.25) is 0 Å². The van der Waals surface area contributed by atoms with Gasteiger partial charge in [0.15, 0.2) is 11.5 Å². The Labute approximate surface area is 95.6 Å². The molecule has 0 unspecified atom stereocenters. The highest BCUT2D eigenvalue weighted by Crippen LogP contribution is 2.31. The van der Waals surface area contributed by atoms with Crippen molar-refractivity contribution >= 4 is 33.7 Å². The number of nitrogens with zero attached hydrogens (tertiary/aromatic N) is 1. The summed E-state index contributed by atoms with van der Waals surface area (Å²) < 4.78 is 11.8. The van der Waals surface area contributed by atoms with Crippen LogP contribution in [0.3, 0.4) is 0 Å². The molecular formula is C10H10INO2. The summed E-state index contributed by atoms with van der Waals surface area (Å²) in [4.78, 5) is 4.33. The molecule has 0 bridgehead atoms. The van der Waals surface area contributed by atoms with Gasteiger partial charge in [0.25, 0.3) is 0 Å². The minimum Gasteiger partial charge on any atom is -0.496 e. The number of halogens is 1. The summed E-state index contributed by atoms with van der Waals surface area (Å²) in [6.45, 7) is 3.84. The fourth-order valence-corrected chi connectivity index (χ4v) is 2.18. The van der Waals surface area contributed by atoms with Gasteiger partial charge in [0, 0.05) is 6.92 Å².